The molecule has 3 heterocycles. The first kappa shape index (κ1) is 16.4. The fourth-order valence-corrected chi connectivity index (χ4v) is 4.50. The zero-order chi connectivity index (χ0) is 15.6. The summed E-state index contributed by atoms with van der Waals surface area (Å²) >= 11 is 1.90. The van der Waals surface area contributed by atoms with Gasteiger partial charge in [0, 0.05) is 35.9 Å². The maximum atomic E-state index is 6.45. The van der Waals surface area contributed by atoms with E-state index in [2.05, 4.69) is 43.0 Å². The molecule has 2 fully saturated rings. The van der Waals surface area contributed by atoms with E-state index in [0.29, 0.717) is 6.10 Å². The standard InChI is InChI=1S/C17H28N2O2S/c1-14-4-5-16(22-14)11-19-8-9-20-13-17(12-19)7-6-15(21-17)10-18(2)3/h4-5,15H,6-13H2,1-3H3/t15-,17-/m1/s1. The molecule has 0 amide bonds. The van der Waals surface area contributed by atoms with Crippen LogP contribution in [-0.4, -0.2) is 68.4 Å². The van der Waals surface area contributed by atoms with Crippen LogP contribution in [0.15, 0.2) is 12.1 Å². The Hall–Kier alpha value is -0.460. The lowest BCUT2D eigenvalue weighted by Crippen LogP contribution is -2.44. The van der Waals surface area contributed by atoms with Crippen LogP contribution in [0.5, 0.6) is 0 Å². The predicted molar refractivity (Wildman–Crippen MR) is 90.5 cm³/mol. The number of ether oxygens (including phenoxy) is 2. The van der Waals surface area contributed by atoms with Crippen molar-refractivity contribution in [1.82, 2.24) is 9.80 Å². The van der Waals surface area contributed by atoms with Crippen LogP contribution < -0.4 is 0 Å². The van der Waals surface area contributed by atoms with Crippen LogP contribution in [0.4, 0.5) is 0 Å². The molecule has 1 aromatic heterocycles. The lowest BCUT2D eigenvalue weighted by atomic mass is 10.00. The van der Waals surface area contributed by atoms with Crippen molar-refractivity contribution in [1.29, 1.82) is 0 Å². The van der Waals surface area contributed by atoms with E-state index in [1.54, 1.807) is 0 Å². The normalized spacial score (nSPS) is 30.3. The minimum atomic E-state index is -0.0938. The number of aryl methyl sites for hydroxylation is 1. The van der Waals surface area contributed by atoms with Crippen molar-refractivity contribution in [3.05, 3.63) is 21.9 Å². The highest BCUT2D eigenvalue weighted by Crippen LogP contribution is 2.34. The molecule has 0 aromatic carbocycles. The van der Waals surface area contributed by atoms with Gasteiger partial charge in [-0.1, -0.05) is 0 Å². The second-order valence-corrected chi connectivity index (χ2v) is 8.37. The first-order valence-corrected chi connectivity index (χ1v) is 9.04. The maximum Gasteiger partial charge on any atom is 0.105 e. The molecule has 2 atom stereocenters. The average molecular weight is 324 g/mol. The summed E-state index contributed by atoms with van der Waals surface area (Å²) in [4.78, 5) is 7.56. The molecule has 124 valence electrons. The smallest absolute Gasteiger partial charge is 0.105 e. The molecule has 2 aliphatic heterocycles. The van der Waals surface area contributed by atoms with Gasteiger partial charge in [-0.3, -0.25) is 4.90 Å². The number of rotatable bonds is 4. The van der Waals surface area contributed by atoms with Gasteiger partial charge in [-0.05, 0) is 46.0 Å². The average Bonchev–Trinajstić information content (AvgIpc) is 2.95. The monoisotopic (exact) mass is 324 g/mol. The molecule has 4 nitrogen and oxygen atoms in total. The van der Waals surface area contributed by atoms with Gasteiger partial charge in [0.25, 0.3) is 0 Å². The SMILES string of the molecule is Cc1ccc(CN2CCOC[C@@]3(CC[C@H](CN(C)C)O3)C2)s1. The maximum absolute atomic E-state index is 6.45. The lowest BCUT2D eigenvalue weighted by molar-refractivity contribution is -0.0901. The van der Waals surface area contributed by atoms with E-state index in [-0.39, 0.29) is 5.60 Å². The van der Waals surface area contributed by atoms with Crippen molar-refractivity contribution in [2.45, 2.75) is 38.0 Å². The highest BCUT2D eigenvalue weighted by molar-refractivity contribution is 7.11. The van der Waals surface area contributed by atoms with Crippen LogP contribution >= 0.6 is 11.3 Å². The summed E-state index contributed by atoms with van der Waals surface area (Å²) in [5.74, 6) is 0. The van der Waals surface area contributed by atoms with Gasteiger partial charge in [0.2, 0.25) is 0 Å². The van der Waals surface area contributed by atoms with E-state index in [0.717, 1.165) is 52.2 Å². The van der Waals surface area contributed by atoms with Crippen molar-refractivity contribution in [2.24, 2.45) is 0 Å². The fourth-order valence-electron chi connectivity index (χ4n) is 3.56. The largest absolute Gasteiger partial charge is 0.377 e. The molecule has 0 radical (unpaired) electrons. The highest BCUT2D eigenvalue weighted by Gasteiger charge is 2.43. The van der Waals surface area contributed by atoms with E-state index in [9.17, 15) is 0 Å². The summed E-state index contributed by atoms with van der Waals surface area (Å²) in [7, 11) is 4.23. The summed E-state index contributed by atoms with van der Waals surface area (Å²) in [6.07, 6.45) is 2.61. The van der Waals surface area contributed by atoms with Crippen molar-refractivity contribution in [3.63, 3.8) is 0 Å². The van der Waals surface area contributed by atoms with Crippen molar-refractivity contribution in [3.8, 4) is 0 Å². The molecule has 0 unspecified atom stereocenters. The van der Waals surface area contributed by atoms with Crippen molar-refractivity contribution < 1.29 is 9.47 Å². The van der Waals surface area contributed by atoms with Gasteiger partial charge >= 0.3 is 0 Å². The predicted octanol–water partition coefficient (Wildman–Crippen LogP) is 2.37. The summed E-state index contributed by atoms with van der Waals surface area (Å²) in [6.45, 7) is 7.75. The third-order valence-corrected chi connectivity index (χ3v) is 5.50. The number of hydrogen-bond donors (Lipinski definition) is 0. The highest BCUT2D eigenvalue weighted by atomic mass is 32.1. The lowest BCUT2D eigenvalue weighted by Gasteiger charge is -2.32. The molecule has 0 aliphatic carbocycles. The summed E-state index contributed by atoms with van der Waals surface area (Å²) in [5, 5.41) is 0. The van der Waals surface area contributed by atoms with Crippen LogP contribution in [0.1, 0.15) is 22.6 Å². The zero-order valence-electron chi connectivity index (χ0n) is 14.0. The zero-order valence-corrected chi connectivity index (χ0v) is 14.8. The molecular formula is C17H28N2O2S. The first-order valence-electron chi connectivity index (χ1n) is 8.23. The Morgan fingerprint density at radius 1 is 1.41 bits per heavy atom. The van der Waals surface area contributed by atoms with Crippen LogP contribution in [0.25, 0.3) is 0 Å². The molecule has 1 spiro atoms. The Morgan fingerprint density at radius 2 is 2.27 bits per heavy atom. The van der Waals surface area contributed by atoms with Gasteiger partial charge < -0.3 is 14.4 Å². The van der Waals surface area contributed by atoms with Gasteiger partial charge in [0.05, 0.1) is 19.3 Å². The van der Waals surface area contributed by atoms with Gasteiger partial charge in [0.1, 0.15) is 5.60 Å². The Labute approximate surface area is 138 Å². The molecule has 2 saturated heterocycles. The molecule has 0 saturated carbocycles. The van der Waals surface area contributed by atoms with E-state index in [4.69, 9.17) is 9.47 Å². The Kier molecular flexibility index (Phi) is 5.20. The second kappa shape index (κ2) is 6.97. The molecule has 5 heteroatoms. The van der Waals surface area contributed by atoms with Gasteiger partial charge in [-0.25, -0.2) is 0 Å². The molecule has 0 bridgehead atoms. The van der Waals surface area contributed by atoms with E-state index >= 15 is 0 Å². The van der Waals surface area contributed by atoms with E-state index in [1.165, 1.54) is 9.75 Å². The van der Waals surface area contributed by atoms with Gasteiger partial charge in [-0.2, -0.15) is 0 Å². The summed E-state index contributed by atoms with van der Waals surface area (Å²) in [5.41, 5.74) is -0.0938. The first-order chi connectivity index (χ1) is 10.5. The van der Waals surface area contributed by atoms with Crippen LogP contribution in [0, 0.1) is 6.92 Å². The number of likely N-dealkylation sites (N-methyl/N-ethyl adjacent to an activating group) is 1. The molecule has 3 rings (SSSR count). The Bertz CT molecular complexity index is 491. The van der Waals surface area contributed by atoms with Gasteiger partial charge in [0.15, 0.2) is 0 Å². The van der Waals surface area contributed by atoms with E-state index < -0.39 is 0 Å². The minimum Gasteiger partial charge on any atom is -0.377 e. The number of hydrogen-bond acceptors (Lipinski definition) is 5. The molecule has 0 N–H and O–H groups in total. The second-order valence-electron chi connectivity index (χ2n) is 7.00. The summed E-state index contributed by atoms with van der Waals surface area (Å²) < 4.78 is 12.3. The summed E-state index contributed by atoms with van der Waals surface area (Å²) in [6, 6.07) is 4.46. The molecule has 2 aliphatic rings. The topological polar surface area (TPSA) is 24.9 Å². The molecule has 1 aromatic rings. The van der Waals surface area contributed by atoms with Gasteiger partial charge in [-0.15, -0.1) is 11.3 Å². The third kappa shape index (κ3) is 4.09. The van der Waals surface area contributed by atoms with Crippen molar-refractivity contribution in [2.75, 3.05) is 46.9 Å². The third-order valence-electron chi connectivity index (χ3n) is 4.51. The number of nitrogens with zero attached hydrogens (tertiary/aromatic N) is 2. The van der Waals surface area contributed by atoms with Crippen LogP contribution in [-0.2, 0) is 16.0 Å². The van der Waals surface area contributed by atoms with Crippen LogP contribution in [0.3, 0.4) is 0 Å². The molecular weight excluding hydrogens is 296 g/mol. The van der Waals surface area contributed by atoms with Crippen LogP contribution in [0.2, 0.25) is 0 Å². The van der Waals surface area contributed by atoms with E-state index in [1.807, 2.05) is 11.3 Å². The number of thiophene rings is 1. The van der Waals surface area contributed by atoms with Crippen molar-refractivity contribution >= 4 is 11.3 Å². The quantitative estimate of drug-likeness (QED) is 0.849. The molecule has 22 heavy (non-hydrogen) atoms. The Morgan fingerprint density at radius 3 is 3.00 bits per heavy atom. The fraction of sp³-hybridized carbons (Fsp3) is 0.765. The minimum absolute atomic E-state index is 0.0938. The Balaban J connectivity index is 1.62.